The number of amides is 2. The molecule has 0 spiro atoms. The van der Waals surface area contributed by atoms with Crippen LogP contribution in [0.3, 0.4) is 0 Å². The molecule has 2 aromatic heterocycles. The number of likely N-dealkylation sites (tertiary alicyclic amines) is 1. The molecule has 0 aliphatic carbocycles. The van der Waals surface area contributed by atoms with Gasteiger partial charge in [-0.3, -0.25) is 9.59 Å². The van der Waals surface area contributed by atoms with Crippen molar-refractivity contribution < 1.29 is 32.0 Å². The largest absolute Gasteiger partial charge is 0.573 e. The number of carbonyl (C=O) groups excluding carboxylic acids is 2. The number of hydrogen-bond acceptors (Lipinski definition) is 11. The summed E-state index contributed by atoms with van der Waals surface area (Å²) in [7, 11) is 0. The number of ether oxygens (including phenoxy) is 1. The first-order chi connectivity index (χ1) is 21.2. The van der Waals surface area contributed by atoms with Crippen LogP contribution >= 0.6 is 11.3 Å². The number of alkyl halides is 3. The molecule has 6 rings (SSSR count). The Bertz CT molecular complexity index is 1750. The van der Waals surface area contributed by atoms with Crippen molar-refractivity contribution in [3.8, 4) is 5.75 Å². The van der Waals surface area contributed by atoms with Gasteiger partial charge in [-0.15, -0.1) is 33.6 Å². The van der Waals surface area contributed by atoms with E-state index in [0.29, 0.717) is 47.2 Å². The summed E-state index contributed by atoms with van der Waals surface area (Å²) < 4.78 is 46.6. The molecule has 0 saturated carbocycles. The SMILES string of the molecule is O=C(Cc1cccc(OC(F)(F)F)c1)NC1=NN=C(N2CCC(c3nnc(NC(=O)Cc4noc5ccccc45)s3)C2)CC1. The lowest BCUT2D eigenvalue weighted by Crippen LogP contribution is -2.36. The van der Waals surface area contributed by atoms with Gasteiger partial charge in [0.05, 0.1) is 12.8 Å². The number of aromatic nitrogens is 3. The van der Waals surface area contributed by atoms with Crippen LogP contribution in [-0.2, 0) is 22.4 Å². The number of nitrogens with one attached hydrogen (secondary N) is 2. The van der Waals surface area contributed by atoms with Crippen LogP contribution in [0, 0.1) is 0 Å². The summed E-state index contributed by atoms with van der Waals surface area (Å²) in [6, 6.07) is 12.6. The Morgan fingerprint density at radius 1 is 1.02 bits per heavy atom. The predicted octanol–water partition coefficient (Wildman–Crippen LogP) is 4.41. The first-order valence-corrected chi connectivity index (χ1v) is 14.5. The fourth-order valence-corrected chi connectivity index (χ4v) is 5.91. The van der Waals surface area contributed by atoms with Crippen molar-refractivity contribution >= 4 is 50.9 Å². The highest BCUT2D eigenvalue weighted by molar-refractivity contribution is 7.15. The zero-order chi connectivity index (χ0) is 30.7. The van der Waals surface area contributed by atoms with Gasteiger partial charge in [0.25, 0.3) is 0 Å². The normalized spacial score (nSPS) is 16.9. The molecule has 1 unspecified atom stereocenters. The van der Waals surface area contributed by atoms with Crippen LogP contribution < -0.4 is 15.4 Å². The summed E-state index contributed by atoms with van der Waals surface area (Å²) in [5.41, 5.74) is 1.55. The van der Waals surface area contributed by atoms with Crippen molar-refractivity contribution in [1.29, 1.82) is 0 Å². The van der Waals surface area contributed by atoms with E-state index < -0.39 is 12.3 Å². The number of benzene rings is 2. The summed E-state index contributed by atoms with van der Waals surface area (Å²) in [6.45, 7) is 1.41. The Morgan fingerprint density at radius 2 is 1.86 bits per heavy atom. The molecule has 4 heterocycles. The number of anilines is 1. The number of rotatable bonds is 7. The van der Waals surface area contributed by atoms with Crippen LogP contribution in [0.15, 0.2) is 63.3 Å². The second kappa shape index (κ2) is 12.4. The van der Waals surface area contributed by atoms with Gasteiger partial charge in [0.15, 0.2) is 5.58 Å². The molecule has 4 aromatic rings. The molecule has 2 N–H and O–H groups in total. The minimum absolute atomic E-state index is 0.0516. The highest BCUT2D eigenvalue weighted by Crippen LogP contribution is 2.32. The number of fused-ring (bicyclic) bond motifs is 1. The molecule has 1 atom stereocenters. The second-order valence-electron chi connectivity index (χ2n) is 10.2. The van der Waals surface area contributed by atoms with Crippen LogP contribution in [0.25, 0.3) is 11.0 Å². The Kier molecular flexibility index (Phi) is 8.23. The van der Waals surface area contributed by atoms with Crippen LogP contribution in [0.2, 0.25) is 0 Å². The lowest BCUT2D eigenvalue weighted by atomic mass is 10.1. The topological polar surface area (TPSA) is 147 Å². The van der Waals surface area contributed by atoms with E-state index in [1.165, 1.54) is 29.5 Å². The molecule has 228 valence electrons. The Hall–Kier alpha value is -4.86. The molecule has 2 aromatic carbocycles. The van der Waals surface area contributed by atoms with Crippen molar-refractivity contribution in [3.63, 3.8) is 0 Å². The highest BCUT2D eigenvalue weighted by Gasteiger charge is 2.32. The second-order valence-corrected chi connectivity index (χ2v) is 11.2. The maximum absolute atomic E-state index is 12.6. The molecule has 16 heteroatoms. The van der Waals surface area contributed by atoms with E-state index in [1.807, 2.05) is 18.2 Å². The van der Waals surface area contributed by atoms with E-state index in [4.69, 9.17) is 4.52 Å². The van der Waals surface area contributed by atoms with Gasteiger partial charge >= 0.3 is 6.36 Å². The first-order valence-electron chi connectivity index (χ1n) is 13.7. The van der Waals surface area contributed by atoms with Gasteiger partial charge in [0.2, 0.25) is 16.9 Å². The van der Waals surface area contributed by atoms with Crippen molar-refractivity contribution in [2.24, 2.45) is 10.2 Å². The number of amidine groups is 2. The zero-order valence-corrected chi connectivity index (χ0v) is 23.8. The van der Waals surface area contributed by atoms with E-state index in [9.17, 15) is 22.8 Å². The van der Waals surface area contributed by atoms with E-state index >= 15 is 0 Å². The predicted molar refractivity (Wildman–Crippen MR) is 154 cm³/mol. The summed E-state index contributed by atoms with van der Waals surface area (Å²) in [5, 5.41) is 28.4. The minimum Gasteiger partial charge on any atom is -0.406 e. The fourth-order valence-electron chi connectivity index (χ4n) is 5.03. The van der Waals surface area contributed by atoms with Crippen molar-refractivity contribution in [2.75, 3.05) is 18.4 Å². The molecule has 2 aliphatic heterocycles. The lowest BCUT2D eigenvalue weighted by molar-refractivity contribution is -0.274. The van der Waals surface area contributed by atoms with E-state index in [2.05, 4.69) is 45.8 Å². The van der Waals surface area contributed by atoms with E-state index in [1.54, 1.807) is 12.1 Å². The van der Waals surface area contributed by atoms with E-state index in [0.717, 1.165) is 29.2 Å². The lowest BCUT2D eigenvalue weighted by Gasteiger charge is -2.22. The van der Waals surface area contributed by atoms with Crippen LogP contribution in [0.1, 0.15) is 41.4 Å². The summed E-state index contributed by atoms with van der Waals surface area (Å²) >= 11 is 1.33. The van der Waals surface area contributed by atoms with E-state index in [-0.39, 0.29) is 30.4 Å². The third-order valence-corrected chi connectivity index (χ3v) is 8.02. The molecule has 0 bridgehead atoms. The van der Waals surface area contributed by atoms with Crippen molar-refractivity contribution in [3.05, 3.63) is 64.8 Å². The third-order valence-electron chi connectivity index (χ3n) is 7.02. The number of carbonyl (C=O) groups is 2. The van der Waals surface area contributed by atoms with Gasteiger partial charge in [-0.25, -0.2) is 0 Å². The molecule has 12 nitrogen and oxygen atoms in total. The Balaban J connectivity index is 0.987. The number of nitrogens with zero attached hydrogens (tertiary/aromatic N) is 6. The maximum Gasteiger partial charge on any atom is 0.573 e. The monoisotopic (exact) mass is 626 g/mol. The number of hydrogen-bond donors (Lipinski definition) is 2. The summed E-state index contributed by atoms with van der Waals surface area (Å²) in [4.78, 5) is 27.2. The summed E-state index contributed by atoms with van der Waals surface area (Å²) in [5.74, 6) is 0.230. The molecule has 1 fully saturated rings. The standard InChI is InChI=1S/C28H25F3N8O4S/c29-28(30,31)42-18-5-3-4-16(12-18)13-24(40)32-22-8-9-23(35-34-22)39-11-10-17(15-39)26-36-37-27(44-26)33-25(41)14-20-19-6-1-2-7-21(19)43-38-20/h1-7,12,17H,8-11,13-15H2,(H,32,34,40)(H,33,37,41). The molecule has 2 aliphatic rings. The average Bonchev–Trinajstić information content (AvgIpc) is 3.73. The fraction of sp³-hybridized carbons (Fsp3) is 0.321. The average molecular weight is 627 g/mol. The van der Waals surface area contributed by atoms with Crippen LogP contribution in [-0.4, -0.2) is 63.2 Å². The van der Waals surface area contributed by atoms with Crippen molar-refractivity contribution in [2.45, 2.75) is 44.4 Å². The smallest absolute Gasteiger partial charge is 0.406 e. The highest BCUT2D eigenvalue weighted by atomic mass is 32.1. The van der Waals surface area contributed by atoms with Crippen LogP contribution in [0.5, 0.6) is 5.75 Å². The van der Waals surface area contributed by atoms with Gasteiger partial charge < -0.3 is 24.8 Å². The van der Waals surface area contributed by atoms with Crippen LogP contribution in [0.4, 0.5) is 18.3 Å². The minimum atomic E-state index is -4.81. The zero-order valence-electron chi connectivity index (χ0n) is 23.0. The Labute approximate surface area is 252 Å². The quantitative estimate of drug-likeness (QED) is 0.307. The molecule has 44 heavy (non-hydrogen) atoms. The molecule has 1 saturated heterocycles. The van der Waals surface area contributed by atoms with Crippen molar-refractivity contribution in [1.82, 2.24) is 25.6 Å². The third kappa shape index (κ3) is 7.19. The molecular weight excluding hydrogens is 601 g/mol. The molecule has 2 amide bonds. The van der Waals surface area contributed by atoms with Gasteiger partial charge in [0, 0.05) is 37.2 Å². The summed E-state index contributed by atoms with van der Waals surface area (Å²) in [6.07, 6.45) is -3.04. The first kappa shape index (κ1) is 29.2. The Morgan fingerprint density at radius 3 is 2.68 bits per heavy atom. The van der Waals surface area contributed by atoms with Gasteiger partial charge in [-0.05, 0) is 36.2 Å². The van der Waals surface area contributed by atoms with Gasteiger partial charge in [0.1, 0.15) is 28.1 Å². The number of halogens is 3. The maximum atomic E-state index is 12.6. The number of para-hydroxylation sites is 1. The van der Waals surface area contributed by atoms with Gasteiger partial charge in [-0.1, -0.05) is 40.8 Å². The molecular formula is C28H25F3N8O4S. The molecule has 0 radical (unpaired) electrons. The van der Waals surface area contributed by atoms with Gasteiger partial charge in [-0.2, -0.15) is 0 Å².